The van der Waals surface area contributed by atoms with Gasteiger partial charge in [-0.05, 0) is 48.9 Å². The average molecular weight is 421 g/mol. The van der Waals surface area contributed by atoms with Gasteiger partial charge in [0.05, 0.1) is 6.20 Å². The van der Waals surface area contributed by atoms with Gasteiger partial charge < -0.3 is 20.6 Å². The maximum atomic E-state index is 12.5. The number of nitrogens with zero attached hydrogens (tertiary/aromatic N) is 1. The van der Waals surface area contributed by atoms with Gasteiger partial charge in [0.2, 0.25) is 5.91 Å². The second kappa shape index (κ2) is 8.87. The number of aliphatic hydroxyl groups is 1. The fourth-order valence-electron chi connectivity index (χ4n) is 2.70. The molecule has 1 heterocycles. The first kappa shape index (κ1) is 22.8. The Labute approximate surface area is 174 Å². The number of amides is 3. The topological polar surface area (TPSA) is 130 Å². The van der Waals surface area contributed by atoms with Crippen LogP contribution in [0.25, 0.3) is 0 Å². The van der Waals surface area contributed by atoms with Gasteiger partial charge in [-0.1, -0.05) is 27.7 Å². The molecule has 0 saturated heterocycles. The first-order valence-electron chi connectivity index (χ1n) is 9.30. The van der Waals surface area contributed by atoms with Crippen LogP contribution in [0.5, 0.6) is 0 Å². The van der Waals surface area contributed by atoms with Crippen LogP contribution in [0.4, 0.5) is 10.5 Å². The van der Waals surface area contributed by atoms with Gasteiger partial charge in [-0.3, -0.25) is 9.52 Å². The Bertz CT molecular complexity index is 871. The van der Waals surface area contributed by atoms with Crippen molar-refractivity contribution in [2.45, 2.75) is 64.2 Å². The molecule has 9 heteroatoms. The minimum atomic E-state index is -1.16. The van der Waals surface area contributed by atoms with Crippen LogP contribution in [0.2, 0.25) is 0 Å². The zero-order chi connectivity index (χ0) is 21.9. The zero-order valence-corrected chi connectivity index (χ0v) is 18.3. The van der Waals surface area contributed by atoms with Crippen LogP contribution in [-0.2, 0) is 5.60 Å². The molecule has 0 aliphatic heterocycles. The van der Waals surface area contributed by atoms with Crippen LogP contribution in [0.3, 0.4) is 0 Å². The van der Waals surface area contributed by atoms with E-state index in [1.54, 1.807) is 26.0 Å². The highest BCUT2D eigenvalue weighted by molar-refractivity contribution is 7.97. The molecule has 5 N–H and O–H groups in total. The molecule has 0 radical (unpaired) electrons. The highest BCUT2D eigenvalue weighted by atomic mass is 32.2. The van der Waals surface area contributed by atoms with Gasteiger partial charge in [-0.25, -0.2) is 9.78 Å². The van der Waals surface area contributed by atoms with Crippen molar-refractivity contribution < 1.29 is 19.1 Å². The lowest BCUT2D eigenvalue weighted by Crippen LogP contribution is -2.25. The van der Waals surface area contributed by atoms with E-state index in [9.17, 15) is 14.7 Å². The molecular weight excluding hydrogens is 392 g/mol. The fourth-order valence-corrected chi connectivity index (χ4v) is 3.17. The molecule has 2 aromatic rings. The van der Waals surface area contributed by atoms with Crippen LogP contribution in [0.1, 0.15) is 80.6 Å². The molecule has 158 valence electrons. The van der Waals surface area contributed by atoms with E-state index in [0.717, 1.165) is 23.1 Å². The molecule has 3 amide bonds. The summed E-state index contributed by atoms with van der Waals surface area (Å²) in [7, 11) is 0. The summed E-state index contributed by atoms with van der Waals surface area (Å²) in [5.41, 5.74) is 7.03. The molecule has 0 unspecified atom stereocenters. The van der Waals surface area contributed by atoms with Crippen molar-refractivity contribution in [3.05, 3.63) is 40.8 Å². The third-order valence-electron chi connectivity index (χ3n) is 4.28. The Morgan fingerprint density at radius 3 is 2.14 bits per heavy atom. The number of carbonyl (C=O) groups excluding carboxylic acids is 2. The molecule has 0 atom stereocenters. The van der Waals surface area contributed by atoms with Crippen LogP contribution < -0.4 is 15.8 Å². The van der Waals surface area contributed by atoms with Crippen molar-refractivity contribution >= 4 is 29.6 Å². The van der Waals surface area contributed by atoms with Crippen LogP contribution >= 0.6 is 11.9 Å². The Kier molecular flexibility index (Phi) is 6.97. The van der Waals surface area contributed by atoms with E-state index in [-0.39, 0.29) is 17.1 Å². The first-order chi connectivity index (χ1) is 13.4. The second-order valence-corrected chi connectivity index (χ2v) is 8.67. The molecule has 1 aromatic heterocycles. The highest BCUT2D eigenvalue weighted by Gasteiger charge is 2.23. The largest absolute Gasteiger partial charge is 0.432 e. The SMILES string of the molecule is CC(C)c1cc(C(N)=O)cc(C(C)C)c1NC(=O)NSc1ncc(C(C)(C)O)o1. The lowest BCUT2D eigenvalue weighted by Gasteiger charge is -2.21. The van der Waals surface area contributed by atoms with Crippen molar-refractivity contribution in [1.82, 2.24) is 9.71 Å². The van der Waals surface area contributed by atoms with Crippen molar-refractivity contribution in [3.8, 4) is 0 Å². The van der Waals surface area contributed by atoms with E-state index in [1.807, 2.05) is 27.7 Å². The Balaban J connectivity index is 2.22. The van der Waals surface area contributed by atoms with E-state index >= 15 is 0 Å². The second-order valence-electron chi connectivity index (χ2n) is 7.91. The summed E-state index contributed by atoms with van der Waals surface area (Å²) in [5, 5.41) is 13.0. The van der Waals surface area contributed by atoms with E-state index in [4.69, 9.17) is 10.2 Å². The lowest BCUT2D eigenvalue weighted by molar-refractivity contribution is 0.0503. The van der Waals surface area contributed by atoms with Gasteiger partial charge in [0, 0.05) is 23.2 Å². The first-order valence-corrected chi connectivity index (χ1v) is 10.1. The maximum Gasteiger partial charge on any atom is 0.329 e. The normalized spacial score (nSPS) is 11.8. The Hall–Kier alpha value is -2.52. The smallest absolute Gasteiger partial charge is 0.329 e. The summed E-state index contributed by atoms with van der Waals surface area (Å²) < 4.78 is 8.04. The summed E-state index contributed by atoms with van der Waals surface area (Å²) in [5.74, 6) is -0.0769. The maximum absolute atomic E-state index is 12.5. The summed E-state index contributed by atoms with van der Waals surface area (Å²) >= 11 is 0.896. The predicted molar refractivity (Wildman–Crippen MR) is 113 cm³/mol. The number of primary amides is 1. The number of aromatic nitrogens is 1. The molecule has 0 aliphatic rings. The fraction of sp³-hybridized carbons (Fsp3) is 0.450. The number of nitrogens with two attached hydrogens (primary N) is 1. The molecule has 0 fully saturated rings. The zero-order valence-electron chi connectivity index (χ0n) is 17.5. The van der Waals surface area contributed by atoms with Crippen molar-refractivity contribution in [3.63, 3.8) is 0 Å². The number of rotatable bonds is 7. The molecular formula is C20H28N4O4S. The molecule has 1 aromatic carbocycles. The van der Waals surface area contributed by atoms with Crippen molar-refractivity contribution in [1.29, 1.82) is 0 Å². The molecule has 2 rings (SSSR count). The number of nitrogens with one attached hydrogen (secondary N) is 2. The van der Waals surface area contributed by atoms with Gasteiger partial charge in [0.25, 0.3) is 5.22 Å². The van der Waals surface area contributed by atoms with Gasteiger partial charge >= 0.3 is 6.03 Å². The quantitative estimate of drug-likeness (QED) is 0.499. The molecule has 0 bridgehead atoms. The summed E-state index contributed by atoms with van der Waals surface area (Å²) in [6, 6.07) is 2.96. The number of carbonyl (C=O) groups is 2. The minimum Gasteiger partial charge on any atom is -0.432 e. The number of benzene rings is 1. The Morgan fingerprint density at radius 2 is 1.72 bits per heavy atom. The number of hydrogen-bond donors (Lipinski definition) is 4. The van der Waals surface area contributed by atoms with Crippen LogP contribution in [-0.4, -0.2) is 22.0 Å². The molecule has 0 aliphatic carbocycles. The standard InChI is InChI=1S/C20H28N4O4S/c1-10(2)13-7-12(17(21)25)8-14(11(3)4)16(13)23-18(26)24-29-19-22-9-15(28-19)20(5,6)27/h7-11,27H,1-6H3,(H2,21,25)(H2,23,24,26). The lowest BCUT2D eigenvalue weighted by atomic mass is 9.90. The highest BCUT2D eigenvalue weighted by Crippen LogP contribution is 2.34. The minimum absolute atomic E-state index is 0.0656. The van der Waals surface area contributed by atoms with Crippen molar-refractivity contribution in [2.75, 3.05) is 5.32 Å². The number of urea groups is 1. The summed E-state index contributed by atoms with van der Waals surface area (Å²) in [6.45, 7) is 11.1. The molecule has 0 saturated carbocycles. The van der Waals surface area contributed by atoms with Gasteiger partial charge in [-0.2, -0.15) is 0 Å². The van der Waals surface area contributed by atoms with E-state index in [1.165, 1.54) is 6.20 Å². The van der Waals surface area contributed by atoms with E-state index < -0.39 is 17.5 Å². The monoisotopic (exact) mass is 420 g/mol. The van der Waals surface area contributed by atoms with E-state index in [0.29, 0.717) is 17.0 Å². The van der Waals surface area contributed by atoms with Gasteiger partial charge in [-0.15, -0.1) is 0 Å². The number of oxazole rings is 1. The summed E-state index contributed by atoms with van der Waals surface area (Å²) in [6.07, 6.45) is 1.41. The molecule has 29 heavy (non-hydrogen) atoms. The Morgan fingerprint density at radius 1 is 1.17 bits per heavy atom. The third kappa shape index (κ3) is 5.74. The molecule has 0 spiro atoms. The van der Waals surface area contributed by atoms with Crippen LogP contribution in [0.15, 0.2) is 28.0 Å². The van der Waals surface area contributed by atoms with Gasteiger partial charge in [0.1, 0.15) is 5.60 Å². The van der Waals surface area contributed by atoms with Crippen molar-refractivity contribution in [2.24, 2.45) is 5.73 Å². The van der Waals surface area contributed by atoms with Gasteiger partial charge in [0.15, 0.2) is 5.76 Å². The number of anilines is 1. The predicted octanol–water partition coefficient (Wildman–Crippen LogP) is 4.08. The van der Waals surface area contributed by atoms with Crippen LogP contribution in [0, 0.1) is 0 Å². The third-order valence-corrected chi connectivity index (χ3v) is 4.94. The molecule has 8 nitrogen and oxygen atoms in total. The summed E-state index contributed by atoms with van der Waals surface area (Å²) in [4.78, 5) is 28.2. The average Bonchev–Trinajstić information content (AvgIpc) is 3.08. The number of hydrogen-bond acceptors (Lipinski definition) is 6. The van der Waals surface area contributed by atoms with E-state index in [2.05, 4.69) is 15.0 Å².